The number of ether oxygens (including phenoxy) is 2. The number of rotatable bonds is 10. The van der Waals surface area contributed by atoms with Gasteiger partial charge in [0.2, 0.25) is 5.91 Å². The van der Waals surface area contributed by atoms with E-state index >= 15 is 0 Å². The van der Waals surface area contributed by atoms with Gasteiger partial charge >= 0.3 is 12.2 Å². The molecule has 4 atom stereocenters. The number of benzene rings is 3. The molecule has 15 heteroatoms. The maximum Gasteiger partial charge on any atom is 0.407 e. The number of alkyl carbamates (subject to hydrolysis) is 2. The number of likely N-dealkylation sites (tertiary alicyclic amines) is 2. The van der Waals surface area contributed by atoms with Crippen molar-refractivity contribution in [2.24, 2.45) is 5.92 Å². The average Bonchev–Trinajstić information content (AvgIpc) is 4.16. The van der Waals surface area contributed by atoms with Crippen molar-refractivity contribution in [3.05, 3.63) is 114 Å². The maximum atomic E-state index is 14.0. The van der Waals surface area contributed by atoms with E-state index in [2.05, 4.69) is 57.0 Å². The van der Waals surface area contributed by atoms with Gasteiger partial charge in [-0.25, -0.2) is 24.5 Å². The molecule has 0 bridgehead atoms. The van der Waals surface area contributed by atoms with Gasteiger partial charge in [0.05, 0.1) is 55.1 Å². The molecule has 2 saturated heterocycles. The Morgan fingerprint density at radius 3 is 2.20 bits per heavy atom. The maximum absolute atomic E-state index is 14.0. The SMILES string of the molecule is COC(=O)NC(C(=O)N1CCCC1c1ncc(-c2ccc3nc(-c4ccc5c(c4)CCCc4[nH]c(C6CCCN6C(=O)C(NC(=O)OC)C(C)C)nc4-5)ccc3c2)[nH]1)c1ccccc1. The molecule has 15 nitrogen and oxygen atoms in total. The van der Waals surface area contributed by atoms with E-state index in [1.54, 1.807) is 11.1 Å². The van der Waals surface area contributed by atoms with E-state index in [-0.39, 0.29) is 29.8 Å². The highest BCUT2D eigenvalue weighted by molar-refractivity contribution is 5.89. The van der Waals surface area contributed by atoms with Gasteiger partial charge in [-0.15, -0.1) is 0 Å². The van der Waals surface area contributed by atoms with Crippen molar-refractivity contribution in [2.45, 2.75) is 83.0 Å². The number of nitrogens with zero attached hydrogens (tertiary/aromatic N) is 5. The molecule has 3 aromatic heterocycles. The Hall–Kier alpha value is -7.03. The van der Waals surface area contributed by atoms with Crippen LogP contribution in [0.4, 0.5) is 9.59 Å². The first kappa shape index (κ1) is 42.3. The van der Waals surface area contributed by atoms with E-state index in [1.165, 1.54) is 19.8 Å². The molecular weight excluding hydrogens is 811 g/mol. The van der Waals surface area contributed by atoms with Crippen LogP contribution in [0.3, 0.4) is 0 Å². The van der Waals surface area contributed by atoms with Gasteiger partial charge in [0.15, 0.2) is 0 Å². The largest absolute Gasteiger partial charge is 0.453 e. The molecule has 330 valence electrons. The van der Waals surface area contributed by atoms with Crippen LogP contribution in [0.5, 0.6) is 0 Å². The zero-order valence-electron chi connectivity index (χ0n) is 36.5. The molecule has 0 spiro atoms. The Balaban J connectivity index is 0.917. The lowest BCUT2D eigenvalue weighted by molar-refractivity contribution is -0.135. The lowest BCUT2D eigenvalue weighted by Crippen LogP contribution is -2.51. The highest BCUT2D eigenvalue weighted by atomic mass is 16.5. The van der Waals surface area contributed by atoms with Crippen LogP contribution in [0.15, 0.2) is 85.1 Å². The number of hydrogen-bond donors (Lipinski definition) is 4. The van der Waals surface area contributed by atoms with Crippen LogP contribution >= 0.6 is 0 Å². The monoisotopic (exact) mass is 863 g/mol. The number of carbonyl (C=O) groups is 4. The molecule has 4 N–H and O–H groups in total. The lowest BCUT2D eigenvalue weighted by Gasteiger charge is -2.30. The van der Waals surface area contributed by atoms with E-state index in [0.29, 0.717) is 24.5 Å². The average molecular weight is 864 g/mol. The van der Waals surface area contributed by atoms with Gasteiger partial charge in [-0.1, -0.05) is 68.4 Å². The zero-order chi connectivity index (χ0) is 44.5. The zero-order valence-corrected chi connectivity index (χ0v) is 36.5. The minimum atomic E-state index is -0.888. The number of pyridine rings is 1. The molecule has 4 amide bonds. The molecule has 0 radical (unpaired) electrons. The number of nitrogens with one attached hydrogen (secondary N) is 4. The van der Waals surface area contributed by atoms with Crippen LogP contribution in [0.25, 0.3) is 44.7 Å². The van der Waals surface area contributed by atoms with Crippen molar-refractivity contribution >= 4 is 34.9 Å². The Labute approximate surface area is 371 Å². The van der Waals surface area contributed by atoms with Gasteiger partial charge in [0, 0.05) is 40.9 Å². The summed E-state index contributed by atoms with van der Waals surface area (Å²) >= 11 is 0. The summed E-state index contributed by atoms with van der Waals surface area (Å²) in [5.41, 5.74) is 9.54. The Morgan fingerprint density at radius 1 is 0.734 bits per heavy atom. The number of fused-ring (bicyclic) bond motifs is 4. The molecule has 0 saturated carbocycles. The van der Waals surface area contributed by atoms with Crippen LogP contribution in [0.2, 0.25) is 0 Å². The third-order valence-electron chi connectivity index (χ3n) is 12.8. The van der Waals surface area contributed by atoms with Gasteiger partial charge in [-0.3, -0.25) is 9.59 Å². The van der Waals surface area contributed by atoms with Gasteiger partial charge in [0.25, 0.3) is 5.91 Å². The normalized spacial score (nSPS) is 18.0. The fourth-order valence-electron chi connectivity index (χ4n) is 9.53. The summed E-state index contributed by atoms with van der Waals surface area (Å²) in [6.07, 6.45) is 6.43. The van der Waals surface area contributed by atoms with Crippen LogP contribution < -0.4 is 10.6 Å². The minimum absolute atomic E-state index is 0.109. The summed E-state index contributed by atoms with van der Waals surface area (Å²) in [4.78, 5) is 77.9. The number of amides is 4. The molecular formula is C49H53N9O6. The molecule has 1 aliphatic carbocycles. The van der Waals surface area contributed by atoms with Crippen molar-refractivity contribution in [3.8, 4) is 33.8 Å². The number of methoxy groups -OCH3 is 2. The first-order valence-electron chi connectivity index (χ1n) is 22.1. The summed E-state index contributed by atoms with van der Waals surface area (Å²) in [7, 11) is 2.58. The van der Waals surface area contributed by atoms with Crippen LogP contribution in [0.1, 0.15) is 92.5 Å². The molecule has 9 rings (SSSR count). The highest BCUT2D eigenvalue weighted by Crippen LogP contribution is 2.39. The fraction of sp³-hybridized carbons (Fsp3) is 0.367. The smallest absolute Gasteiger partial charge is 0.407 e. The third-order valence-corrected chi connectivity index (χ3v) is 12.8. The summed E-state index contributed by atoms with van der Waals surface area (Å²) in [5.74, 6) is 1.03. The number of carbonyl (C=O) groups excluding carboxylic acids is 4. The molecule has 3 aromatic carbocycles. The number of H-pyrrole nitrogens is 2. The van der Waals surface area contributed by atoms with E-state index in [0.717, 1.165) is 101 Å². The van der Waals surface area contributed by atoms with Gasteiger partial charge in [-0.05, 0) is 86.3 Å². The minimum Gasteiger partial charge on any atom is -0.453 e. The molecule has 4 unspecified atom stereocenters. The van der Waals surface area contributed by atoms with E-state index in [9.17, 15) is 19.2 Å². The lowest BCUT2D eigenvalue weighted by atomic mass is 9.98. The Bertz CT molecular complexity index is 2710. The first-order valence-corrected chi connectivity index (χ1v) is 22.1. The number of imidazole rings is 2. The molecule has 6 aromatic rings. The fourth-order valence-corrected chi connectivity index (χ4v) is 9.53. The predicted molar refractivity (Wildman–Crippen MR) is 241 cm³/mol. The van der Waals surface area contributed by atoms with Crippen molar-refractivity contribution in [3.63, 3.8) is 0 Å². The number of aromatic nitrogens is 5. The van der Waals surface area contributed by atoms with Gasteiger partial charge < -0.3 is 39.9 Å². The van der Waals surface area contributed by atoms with Crippen LogP contribution in [-0.4, -0.2) is 92.1 Å². The Morgan fingerprint density at radius 2 is 1.45 bits per heavy atom. The second-order valence-electron chi connectivity index (χ2n) is 17.2. The molecule has 64 heavy (non-hydrogen) atoms. The molecule has 5 heterocycles. The Kier molecular flexibility index (Phi) is 11.9. The standard InChI is InChI=1S/C49H53N9O6/c1-28(2)41(55-48(61)63-3)46(59)58-24-10-16-40(58)45-52-37-14-8-13-30-25-31(17-20-34(30)43(37)54-45)35-21-18-32-26-33(19-22-36(32)51-35)38-27-50-44(53-38)39-15-9-23-57(39)47(60)42(56-49(62)64-4)29-11-6-5-7-12-29/h5-7,11-12,17-22,25-28,39-42H,8-10,13-16,23-24H2,1-4H3,(H,50,53)(H,52,54)(H,55,61)(H,56,62). The third kappa shape index (κ3) is 8.29. The van der Waals surface area contributed by atoms with Crippen molar-refractivity contribution in [2.75, 3.05) is 27.3 Å². The van der Waals surface area contributed by atoms with Crippen LogP contribution in [0, 0.1) is 5.92 Å². The summed E-state index contributed by atoms with van der Waals surface area (Å²) in [6, 6.07) is 23.9. The number of hydrogen-bond acceptors (Lipinski definition) is 9. The van der Waals surface area contributed by atoms with Gasteiger partial charge in [0.1, 0.15) is 23.7 Å². The first-order chi connectivity index (χ1) is 31.1. The predicted octanol–water partition coefficient (Wildman–Crippen LogP) is 7.98. The van der Waals surface area contributed by atoms with Crippen molar-refractivity contribution < 1.29 is 28.7 Å². The van der Waals surface area contributed by atoms with Crippen molar-refractivity contribution in [1.29, 1.82) is 0 Å². The van der Waals surface area contributed by atoms with Crippen molar-refractivity contribution in [1.82, 2.24) is 45.4 Å². The second-order valence-corrected chi connectivity index (χ2v) is 17.2. The van der Waals surface area contributed by atoms with E-state index < -0.39 is 24.3 Å². The second kappa shape index (κ2) is 18.0. The summed E-state index contributed by atoms with van der Waals surface area (Å²) in [5, 5.41) is 6.44. The highest BCUT2D eigenvalue weighted by Gasteiger charge is 2.39. The quantitative estimate of drug-likeness (QED) is 0.106. The molecule has 3 aliphatic rings. The molecule has 2 aliphatic heterocycles. The van der Waals surface area contributed by atoms with E-state index in [1.807, 2.05) is 61.2 Å². The van der Waals surface area contributed by atoms with E-state index in [4.69, 9.17) is 24.4 Å². The summed E-state index contributed by atoms with van der Waals surface area (Å²) < 4.78 is 9.66. The van der Waals surface area contributed by atoms with Crippen LogP contribution in [-0.2, 0) is 31.9 Å². The van der Waals surface area contributed by atoms with Gasteiger partial charge in [-0.2, -0.15) is 0 Å². The summed E-state index contributed by atoms with van der Waals surface area (Å²) in [6.45, 7) is 4.98. The number of aromatic amines is 2. The topological polar surface area (TPSA) is 188 Å². The number of aryl methyl sites for hydroxylation is 2. The molecule has 2 fully saturated rings.